The third-order valence-corrected chi connectivity index (χ3v) is 5.12. The van der Waals surface area contributed by atoms with Gasteiger partial charge in [0.05, 0.1) is 37.5 Å². The average Bonchev–Trinajstić information content (AvgIpc) is 3.28. The molecule has 0 bridgehead atoms. The summed E-state index contributed by atoms with van der Waals surface area (Å²) < 4.78 is 0. The van der Waals surface area contributed by atoms with E-state index in [1.807, 2.05) is 22.9 Å². The third-order valence-electron chi connectivity index (χ3n) is 5.12. The summed E-state index contributed by atoms with van der Waals surface area (Å²) in [5.74, 6) is -2.45. The molecule has 9 nitrogen and oxygen atoms in total. The smallest absolute Gasteiger partial charge is 0.129 e. The molecule has 0 aromatic rings. The molecule has 9 heteroatoms. The number of aliphatic carboxylic acids is 3. The molecule has 0 radical (unpaired) electrons. The molecule has 3 aliphatic heterocycles. The monoisotopic (exact) mass is 373 g/mol. The van der Waals surface area contributed by atoms with Crippen LogP contribution in [0, 0.1) is 5.92 Å². The van der Waals surface area contributed by atoms with E-state index in [1.54, 1.807) is 0 Å². The lowest BCUT2D eigenvalue weighted by atomic mass is 10.0. The molecule has 3 heterocycles. The maximum atomic E-state index is 10.3. The van der Waals surface area contributed by atoms with Gasteiger partial charge < -0.3 is 45.7 Å². The van der Waals surface area contributed by atoms with Crippen LogP contribution in [0.5, 0.6) is 0 Å². The Morgan fingerprint density at radius 3 is 1.46 bits per heavy atom. The van der Waals surface area contributed by atoms with Crippen LogP contribution in [0.2, 0.25) is 0 Å². The summed E-state index contributed by atoms with van der Waals surface area (Å²) in [5.41, 5.74) is 0. The number of carboxylic acid groups (broad SMARTS) is 3. The molecule has 3 saturated heterocycles. The van der Waals surface area contributed by atoms with Gasteiger partial charge in [-0.2, -0.15) is 0 Å². The van der Waals surface area contributed by atoms with E-state index in [0.29, 0.717) is 0 Å². The highest BCUT2D eigenvalue weighted by molar-refractivity contribution is 5.70. The van der Waals surface area contributed by atoms with Gasteiger partial charge in [-0.1, -0.05) is 6.92 Å². The van der Waals surface area contributed by atoms with Crippen LogP contribution in [-0.2, 0) is 14.4 Å². The van der Waals surface area contributed by atoms with E-state index in [9.17, 15) is 29.7 Å². The fourth-order valence-electron chi connectivity index (χ4n) is 3.43. The van der Waals surface area contributed by atoms with Crippen molar-refractivity contribution < 1.29 is 45.7 Å². The van der Waals surface area contributed by atoms with Gasteiger partial charge in [-0.3, -0.25) is 0 Å². The topological polar surface area (TPSA) is 170 Å². The minimum Gasteiger partial charge on any atom is -0.544 e. The first-order chi connectivity index (χ1) is 12.3. The molecule has 26 heavy (non-hydrogen) atoms. The highest BCUT2D eigenvalue weighted by atomic mass is 16.4. The maximum Gasteiger partial charge on any atom is 0.129 e. The highest BCUT2D eigenvalue weighted by Crippen LogP contribution is 2.06. The fourth-order valence-corrected chi connectivity index (χ4v) is 3.43. The molecule has 6 N–H and O–H groups in total. The second kappa shape index (κ2) is 11.8. The van der Waals surface area contributed by atoms with Crippen LogP contribution in [0.25, 0.3) is 0 Å². The van der Waals surface area contributed by atoms with Gasteiger partial charge in [-0.05, 0) is 12.8 Å². The van der Waals surface area contributed by atoms with Gasteiger partial charge in [0.2, 0.25) is 0 Å². The van der Waals surface area contributed by atoms with Gasteiger partial charge in [0, 0.05) is 31.6 Å². The standard InChI is InChI=1S/2C6H11NO2.C5H9NO2/c1-4-2-3-7-5(4)6(8)9;8-6(9)5-3-1-2-4-7-5;7-5(8)4-2-1-3-6-4/h4-5,7H,2-3H2,1H3,(H,8,9);5,7H,1-4H2,(H,8,9);4,6H,1-3H2,(H,7,8)/t4-,5-;5-;4-/m000/s1. The van der Waals surface area contributed by atoms with Crippen LogP contribution < -0.4 is 31.3 Å². The Hall–Kier alpha value is -1.71. The molecule has 0 spiro atoms. The van der Waals surface area contributed by atoms with Gasteiger partial charge in [-0.15, -0.1) is 0 Å². The summed E-state index contributed by atoms with van der Waals surface area (Å²) in [6.07, 6.45) is 5.75. The Morgan fingerprint density at radius 1 is 0.692 bits per heavy atom. The van der Waals surface area contributed by atoms with Crippen LogP contribution in [0.15, 0.2) is 0 Å². The second-order valence-corrected chi connectivity index (χ2v) is 7.17. The van der Waals surface area contributed by atoms with E-state index in [-0.39, 0.29) is 24.0 Å². The molecule has 0 aromatic carbocycles. The first kappa shape index (κ1) is 22.3. The van der Waals surface area contributed by atoms with E-state index in [1.165, 1.54) is 0 Å². The minimum absolute atomic E-state index is 0.255. The summed E-state index contributed by atoms with van der Waals surface area (Å²) in [7, 11) is 0. The fraction of sp³-hybridized carbons (Fsp3) is 0.824. The number of nitrogens with two attached hydrogens (primary N) is 3. The van der Waals surface area contributed by atoms with Gasteiger partial charge in [0.15, 0.2) is 0 Å². The average molecular weight is 373 g/mol. The molecule has 150 valence electrons. The molecule has 0 aliphatic carbocycles. The van der Waals surface area contributed by atoms with E-state index in [4.69, 9.17) is 0 Å². The molecule has 0 unspecified atom stereocenters. The summed E-state index contributed by atoms with van der Waals surface area (Å²) >= 11 is 0. The summed E-state index contributed by atoms with van der Waals surface area (Å²) in [5, 5.41) is 36.0. The normalized spacial score (nSPS) is 30.3. The number of hydrogen-bond donors (Lipinski definition) is 3. The van der Waals surface area contributed by atoms with Crippen molar-refractivity contribution in [2.24, 2.45) is 5.92 Å². The van der Waals surface area contributed by atoms with E-state index >= 15 is 0 Å². The number of rotatable bonds is 3. The lowest BCUT2D eigenvalue weighted by molar-refractivity contribution is -0.691. The Bertz CT molecular complexity index is 461. The lowest BCUT2D eigenvalue weighted by Crippen LogP contribution is -2.94. The van der Waals surface area contributed by atoms with E-state index in [0.717, 1.165) is 58.2 Å². The van der Waals surface area contributed by atoms with Crippen molar-refractivity contribution in [3.05, 3.63) is 0 Å². The quantitative estimate of drug-likeness (QED) is 0.444. The summed E-state index contributed by atoms with van der Waals surface area (Å²) in [6.45, 7) is 4.76. The van der Waals surface area contributed by atoms with Gasteiger partial charge in [-0.25, -0.2) is 0 Å². The largest absolute Gasteiger partial charge is 0.544 e. The van der Waals surface area contributed by atoms with Crippen LogP contribution in [0.3, 0.4) is 0 Å². The number of carboxylic acids is 3. The number of hydrogen-bond acceptors (Lipinski definition) is 6. The molecule has 3 rings (SSSR count). The number of quaternary nitrogens is 3. The Morgan fingerprint density at radius 2 is 1.23 bits per heavy atom. The molecular weight excluding hydrogens is 342 g/mol. The highest BCUT2D eigenvalue weighted by Gasteiger charge is 2.27. The molecule has 0 aromatic heterocycles. The van der Waals surface area contributed by atoms with Crippen LogP contribution >= 0.6 is 0 Å². The van der Waals surface area contributed by atoms with Crippen molar-refractivity contribution in [3.8, 4) is 0 Å². The van der Waals surface area contributed by atoms with Gasteiger partial charge >= 0.3 is 0 Å². The molecular formula is C17H31N3O6. The summed E-state index contributed by atoms with van der Waals surface area (Å²) in [4.78, 5) is 30.5. The van der Waals surface area contributed by atoms with Crippen molar-refractivity contribution >= 4 is 17.9 Å². The lowest BCUT2D eigenvalue weighted by Gasteiger charge is -2.20. The predicted octanol–water partition coefficient (Wildman–Crippen LogP) is -6.98. The number of carbonyl (C=O) groups excluding carboxylic acids is 3. The molecule has 0 saturated carbocycles. The Balaban J connectivity index is 0.000000195. The summed E-state index contributed by atoms with van der Waals surface area (Å²) in [6, 6.07) is -0.807. The van der Waals surface area contributed by atoms with Crippen molar-refractivity contribution in [1.82, 2.24) is 0 Å². The van der Waals surface area contributed by atoms with E-state index in [2.05, 4.69) is 0 Å². The first-order valence-electron chi connectivity index (χ1n) is 9.45. The van der Waals surface area contributed by atoms with Gasteiger partial charge in [0.25, 0.3) is 0 Å². The Kier molecular flexibility index (Phi) is 10.2. The van der Waals surface area contributed by atoms with Crippen LogP contribution in [-0.4, -0.2) is 55.7 Å². The van der Waals surface area contributed by atoms with Gasteiger partial charge in [0.1, 0.15) is 18.1 Å². The van der Waals surface area contributed by atoms with E-state index < -0.39 is 17.9 Å². The maximum absolute atomic E-state index is 10.3. The molecule has 3 aliphatic rings. The zero-order chi connectivity index (χ0) is 19.5. The molecule has 0 amide bonds. The third kappa shape index (κ3) is 8.11. The van der Waals surface area contributed by atoms with Crippen LogP contribution in [0.1, 0.15) is 45.4 Å². The van der Waals surface area contributed by atoms with Crippen molar-refractivity contribution in [2.75, 3.05) is 19.6 Å². The Labute approximate surface area is 153 Å². The first-order valence-corrected chi connectivity index (χ1v) is 9.45. The van der Waals surface area contributed by atoms with Crippen LogP contribution in [0.4, 0.5) is 0 Å². The zero-order valence-electron chi connectivity index (χ0n) is 15.4. The number of carbonyl (C=O) groups is 3. The number of piperidine rings is 1. The SMILES string of the molecule is C[C@H]1CC[NH2+][C@@H]1C(=O)[O-].O=C([O-])[C@@H]1CCCC[NH2+]1.O=C([O-])[C@@H]1CCC[NH2+]1. The predicted molar refractivity (Wildman–Crippen MR) is 83.6 cm³/mol. The molecule has 3 fully saturated rings. The zero-order valence-corrected chi connectivity index (χ0v) is 15.4. The molecule has 4 atom stereocenters. The van der Waals surface area contributed by atoms with Crippen molar-refractivity contribution in [3.63, 3.8) is 0 Å². The van der Waals surface area contributed by atoms with Crippen molar-refractivity contribution in [2.45, 2.75) is 63.6 Å². The second-order valence-electron chi connectivity index (χ2n) is 7.17. The minimum atomic E-state index is -0.917. The van der Waals surface area contributed by atoms with Crippen molar-refractivity contribution in [1.29, 1.82) is 0 Å².